The fraction of sp³-hybridized carbons (Fsp3) is 0.143. The minimum absolute atomic E-state index is 0.144. The molecule has 0 atom stereocenters. The molecule has 3 aromatic carbocycles. The van der Waals surface area contributed by atoms with E-state index in [0.29, 0.717) is 40.5 Å². The number of rotatable bonds is 8. The molecule has 0 unspecified atom stereocenters. The Balaban J connectivity index is 1.41. The van der Waals surface area contributed by atoms with Crippen LogP contribution in [-0.2, 0) is 6.42 Å². The van der Waals surface area contributed by atoms with Crippen LogP contribution in [0.5, 0.6) is 11.6 Å². The van der Waals surface area contributed by atoms with Crippen molar-refractivity contribution in [2.45, 2.75) is 19.8 Å². The maximum Gasteiger partial charge on any atom is 0.251 e. The number of aromatic nitrogens is 4. The van der Waals surface area contributed by atoms with Gasteiger partial charge in [-0.15, -0.1) is 0 Å². The molecule has 7 heteroatoms. The number of nitrogens with one attached hydrogen (secondary N) is 2. The highest BCUT2D eigenvalue weighted by molar-refractivity contribution is 5.97. The summed E-state index contributed by atoms with van der Waals surface area (Å²) in [6, 6.07) is 22.9. The molecule has 0 saturated carbocycles. The van der Waals surface area contributed by atoms with E-state index in [-0.39, 0.29) is 5.91 Å². The number of carbonyl (C=O) groups excluding carboxylic acids is 1. The number of para-hydroxylation sites is 1. The third kappa shape index (κ3) is 5.35. The second-order valence-electron chi connectivity index (χ2n) is 8.26. The van der Waals surface area contributed by atoms with E-state index in [1.165, 1.54) is 0 Å². The van der Waals surface area contributed by atoms with Gasteiger partial charge in [-0.2, -0.15) is 0 Å². The molecule has 0 aliphatic heterocycles. The molecule has 7 nitrogen and oxygen atoms in total. The van der Waals surface area contributed by atoms with Gasteiger partial charge >= 0.3 is 0 Å². The normalized spacial score (nSPS) is 10.9. The van der Waals surface area contributed by atoms with Gasteiger partial charge in [0.2, 0.25) is 5.88 Å². The molecule has 0 saturated heterocycles. The molecule has 2 heterocycles. The molecule has 2 N–H and O–H groups in total. The zero-order valence-corrected chi connectivity index (χ0v) is 19.4. The Morgan fingerprint density at radius 1 is 0.971 bits per heavy atom. The summed E-state index contributed by atoms with van der Waals surface area (Å²) in [4.78, 5) is 29.6. The number of ether oxygens (including phenoxy) is 1. The van der Waals surface area contributed by atoms with Gasteiger partial charge < -0.3 is 15.0 Å². The number of benzene rings is 3. The van der Waals surface area contributed by atoms with Crippen molar-refractivity contribution < 1.29 is 9.53 Å². The Hall–Kier alpha value is -4.52. The van der Waals surface area contributed by atoms with Crippen molar-refractivity contribution in [3.8, 4) is 22.9 Å². The number of amides is 1. The van der Waals surface area contributed by atoms with Gasteiger partial charge in [-0.1, -0.05) is 48.0 Å². The van der Waals surface area contributed by atoms with Crippen LogP contribution in [-0.4, -0.2) is 32.4 Å². The Morgan fingerprint density at radius 2 is 1.80 bits per heavy atom. The molecule has 174 valence electrons. The fourth-order valence-corrected chi connectivity index (χ4v) is 3.74. The molecule has 0 fully saturated rings. The average Bonchev–Trinajstić information content (AvgIpc) is 3.41. The third-order valence-electron chi connectivity index (χ3n) is 5.61. The maximum absolute atomic E-state index is 12.7. The number of carbonyl (C=O) groups is 1. The number of imidazole rings is 1. The molecule has 0 aliphatic rings. The van der Waals surface area contributed by atoms with Crippen LogP contribution >= 0.6 is 0 Å². The molecule has 0 bridgehead atoms. The highest BCUT2D eigenvalue weighted by atomic mass is 16.5. The molecule has 0 aliphatic carbocycles. The molecule has 1 amide bonds. The van der Waals surface area contributed by atoms with Gasteiger partial charge in [0.1, 0.15) is 17.3 Å². The molecular formula is C28H25N5O2. The number of hydrogen-bond acceptors (Lipinski definition) is 5. The lowest BCUT2D eigenvalue weighted by molar-refractivity contribution is 0.0953. The maximum atomic E-state index is 12.7. The topological polar surface area (TPSA) is 92.8 Å². The van der Waals surface area contributed by atoms with Gasteiger partial charge in [0, 0.05) is 36.5 Å². The van der Waals surface area contributed by atoms with Crippen LogP contribution in [0.2, 0.25) is 0 Å². The first kappa shape index (κ1) is 22.3. The van der Waals surface area contributed by atoms with Gasteiger partial charge in [0.05, 0.1) is 11.0 Å². The van der Waals surface area contributed by atoms with Gasteiger partial charge in [-0.25, -0.2) is 15.0 Å². The summed E-state index contributed by atoms with van der Waals surface area (Å²) in [6.45, 7) is 2.60. The average molecular weight is 464 g/mol. The number of aromatic amines is 1. The predicted octanol–water partition coefficient (Wildman–Crippen LogP) is 5.48. The van der Waals surface area contributed by atoms with E-state index in [4.69, 9.17) is 14.7 Å². The zero-order chi connectivity index (χ0) is 24.0. The number of hydrogen-bond donors (Lipinski definition) is 2. The van der Waals surface area contributed by atoms with E-state index in [2.05, 4.69) is 15.3 Å². The minimum Gasteiger partial charge on any atom is -0.437 e. The second kappa shape index (κ2) is 10.2. The SMILES string of the molecule is Cc1ccc(-c2nc3cc(C(=O)NCCCc4ncc[nH]4)ccc3nc2Oc2ccccc2)cc1. The van der Waals surface area contributed by atoms with Crippen LogP contribution in [0.25, 0.3) is 22.3 Å². The summed E-state index contributed by atoms with van der Waals surface area (Å²) in [5.41, 5.74) is 4.49. The molecule has 35 heavy (non-hydrogen) atoms. The molecule has 0 radical (unpaired) electrons. The standard InChI is InChI=1S/C28H25N5O2/c1-19-9-11-20(12-10-19)26-28(35-22-6-3-2-4-7-22)33-23-14-13-21(18-24(23)32-26)27(34)31-15-5-8-25-29-16-17-30-25/h2-4,6-7,9-14,16-18H,5,8,15H2,1H3,(H,29,30)(H,31,34). The third-order valence-corrected chi connectivity index (χ3v) is 5.61. The van der Waals surface area contributed by atoms with E-state index < -0.39 is 0 Å². The van der Waals surface area contributed by atoms with Gasteiger partial charge in [0.15, 0.2) is 0 Å². The Morgan fingerprint density at radius 3 is 2.57 bits per heavy atom. The van der Waals surface area contributed by atoms with E-state index in [9.17, 15) is 4.79 Å². The minimum atomic E-state index is -0.144. The van der Waals surface area contributed by atoms with Crippen molar-refractivity contribution in [2.24, 2.45) is 0 Å². The van der Waals surface area contributed by atoms with E-state index in [1.807, 2.05) is 61.5 Å². The lowest BCUT2D eigenvalue weighted by atomic mass is 10.1. The Kier molecular flexibility index (Phi) is 6.48. The number of fused-ring (bicyclic) bond motifs is 1. The summed E-state index contributed by atoms with van der Waals surface area (Å²) in [6.07, 6.45) is 5.10. The van der Waals surface area contributed by atoms with Crippen LogP contribution in [0.4, 0.5) is 0 Å². The first-order valence-corrected chi connectivity index (χ1v) is 11.5. The zero-order valence-electron chi connectivity index (χ0n) is 19.4. The second-order valence-corrected chi connectivity index (χ2v) is 8.26. The van der Waals surface area contributed by atoms with Gasteiger partial charge in [-0.3, -0.25) is 4.79 Å². The Labute approximate surface area is 203 Å². The van der Waals surface area contributed by atoms with Crippen LogP contribution in [0, 0.1) is 6.92 Å². The van der Waals surface area contributed by atoms with Crippen molar-refractivity contribution in [2.75, 3.05) is 6.54 Å². The first-order chi connectivity index (χ1) is 17.2. The molecule has 2 aromatic heterocycles. The van der Waals surface area contributed by atoms with E-state index in [1.54, 1.807) is 30.6 Å². The summed E-state index contributed by atoms with van der Waals surface area (Å²) in [5, 5.41) is 2.97. The van der Waals surface area contributed by atoms with Crippen molar-refractivity contribution >= 4 is 16.9 Å². The van der Waals surface area contributed by atoms with Crippen molar-refractivity contribution in [1.82, 2.24) is 25.3 Å². The monoisotopic (exact) mass is 463 g/mol. The Bertz CT molecular complexity index is 1430. The van der Waals surface area contributed by atoms with Crippen LogP contribution in [0.3, 0.4) is 0 Å². The largest absolute Gasteiger partial charge is 0.437 e. The summed E-state index contributed by atoms with van der Waals surface area (Å²) >= 11 is 0. The van der Waals surface area contributed by atoms with E-state index in [0.717, 1.165) is 29.8 Å². The fourth-order valence-electron chi connectivity index (χ4n) is 3.74. The highest BCUT2D eigenvalue weighted by Gasteiger charge is 2.15. The smallest absolute Gasteiger partial charge is 0.251 e. The number of nitrogens with zero attached hydrogens (tertiary/aromatic N) is 3. The van der Waals surface area contributed by atoms with Crippen LogP contribution < -0.4 is 10.1 Å². The van der Waals surface area contributed by atoms with Crippen LogP contribution in [0.15, 0.2) is 85.2 Å². The quantitative estimate of drug-likeness (QED) is 0.297. The molecular weight excluding hydrogens is 438 g/mol. The predicted molar refractivity (Wildman–Crippen MR) is 135 cm³/mol. The number of aryl methyl sites for hydroxylation is 2. The lowest BCUT2D eigenvalue weighted by Gasteiger charge is -2.12. The van der Waals surface area contributed by atoms with Crippen molar-refractivity contribution in [3.05, 3.63) is 102 Å². The number of H-pyrrole nitrogens is 1. The lowest BCUT2D eigenvalue weighted by Crippen LogP contribution is -2.24. The van der Waals surface area contributed by atoms with Gasteiger partial charge in [-0.05, 0) is 43.7 Å². The molecule has 0 spiro atoms. The van der Waals surface area contributed by atoms with Crippen molar-refractivity contribution in [3.63, 3.8) is 0 Å². The highest BCUT2D eigenvalue weighted by Crippen LogP contribution is 2.32. The summed E-state index contributed by atoms with van der Waals surface area (Å²) in [5.74, 6) is 1.87. The summed E-state index contributed by atoms with van der Waals surface area (Å²) in [7, 11) is 0. The molecule has 5 rings (SSSR count). The van der Waals surface area contributed by atoms with Gasteiger partial charge in [0.25, 0.3) is 5.91 Å². The molecule has 5 aromatic rings. The van der Waals surface area contributed by atoms with E-state index >= 15 is 0 Å². The first-order valence-electron chi connectivity index (χ1n) is 11.5. The summed E-state index contributed by atoms with van der Waals surface area (Å²) < 4.78 is 6.12. The van der Waals surface area contributed by atoms with Crippen molar-refractivity contribution in [1.29, 1.82) is 0 Å². The van der Waals surface area contributed by atoms with Crippen LogP contribution in [0.1, 0.15) is 28.2 Å².